The van der Waals surface area contributed by atoms with Gasteiger partial charge < -0.3 is 10.4 Å². The molecule has 0 atom stereocenters. The average molecular weight is 161 g/mol. The molecule has 70 valence electrons. The van der Waals surface area contributed by atoms with Crippen molar-refractivity contribution in [1.82, 2.24) is 5.32 Å². The summed E-state index contributed by atoms with van der Waals surface area (Å²) in [5.41, 5.74) is 0. The van der Waals surface area contributed by atoms with Crippen LogP contribution in [0.2, 0.25) is 0 Å². The molecule has 2 nitrogen and oxygen atoms in total. The second kappa shape index (κ2) is 16.5. The van der Waals surface area contributed by atoms with Crippen molar-refractivity contribution in [3.63, 3.8) is 0 Å². The SMILES string of the molecule is CCC.CCNCCCCO. The molecule has 0 aromatic carbocycles. The Hall–Kier alpha value is -0.0800. The summed E-state index contributed by atoms with van der Waals surface area (Å²) in [7, 11) is 0. The Morgan fingerprint density at radius 2 is 1.64 bits per heavy atom. The van der Waals surface area contributed by atoms with Crippen LogP contribution < -0.4 is 5.32 Å². The largest absolute Gasteiger partial charge is 0.396 e. The van der Waals surface area contributed by atoms with Crippen molar-refractivity contribution >= 4 is 0 Å². The first kappa shape index (κ1) is 13.5. The molecule has 0 aliphatic rings. The number of hydrogen-bond acceptors (Lipinski definition) is 2. The van der Waals surface area contributed by atoms with Gasteiger partial charge in [-0.25, -0.2) is 0 Å². The maximum atomic E-state index is 8.34. The highest BCUT2D eigenvalue weighted by Crippen LogP contribution is 1.81. The van der Waals surface area contributed by atoms with Crippen LogP contribution in [0.15, 0.2) is 0 Å². The molecule has 2 N–H and O–H groups in total. The standard InChI is InChI=1S/C6H15NO.C3H8/c1-2-7-5-3-4-6-8;1-3-2/h7-8H,2-6H2,1H3;3H2,1-2H3. The molecule has 0 saturated carbocycles. The molecular formula is C9H23NO. The lowest BCUT2D eigenvalue weighted by atomic mass is 10.3. The molecule has 0 unspecified atom stereocenters. The Morgan fingerprint density at radius 1 is 1.09 bits per heavy atom. The third-order valence-corrected chi connectivity index (χ3v) is 1.01. The van der Waals surface area contributed by atoms with Gasteiger partial charge in [-0.1, -0.05) is 27.2 Å². The van der Waals surface area contributed by atoms with Gasteiger partial charge in [0, 0.05) is 6.61 Å². The Bertz CT molecular complexity index is 42.8. The summed E-state index contributed by atoms with van der Waals surface area (Å²) in [4.78, 5) is 0. The number of nitrogens with one attached hydrogen (secondary N) is 1. The summed E-state index contributed by atoms with van der Waals surface area (Å²) >= 11 is 0. The van der Waals surface area contributed by atoms with E-state index in [4.69, 9.17) is 5.11 Å². The molecule has 0 radical (unpaired) electrons. The number of aliphatic hydroxyl groups is 1. The van der Waals surface area contributed by atoms with Crippen molar-refractivity contribution < 1.29 is 5.11 Å². The van der Waals surface area contributed by atoms with E-state index in [0.717, 1.165) is 25.9 Å². The molecule has 0 aliphatic heterocycles. The first-order valence-corrected chi connectivity index (χ1v) is 4.64. The van der Waals surface area contributed by atoms with Gasteiger partial charge in [0.05, 0.1) is 0 Å². The molecule has 0 amide bonds. The lowest BCUT2D eigenvalue weighted by Crippen LogP contribution is -2.13. The van der Waals surface area contributed by atoms with E-state index in [9.17, 15) is 0 Å². The minimum absolute atomic E-state index is 0.325. The predicted molar refractivity (Wildman–Crippen MR) is 50.8 cm³/mol. The van der Waals surface area contributed by atoms with Gasteiger partial charge in [0.2, 0.25) is 0 Å². The van der Waals surface area contributed by atoms with E-state index < -0.39 is 0 Å². The van der Waals surface area contributed by atoms with E-state index in [1.807, 2.05) is 0 Å². The van der Waals surface area contributed by atoms with Crippen LogP contribution in [0.4, 0.5) is 0 Å². The molecule has 11 heavy (non-hydrogen) atoms. The fraction of sp³-hybridized carbons (Fsp3) is 1.00. The summed E-state index contributed by atoms with van der Waals surface area (Å²) < 4.78 is 0. The molecule has 0 aromatic heterocycles. The topological polar surface area (TPSA) is 32.3 Å². The monoisotopic (exact) mass is 161 g/mol. The van der Waals surface area contributed by atoms with Crippen molar-refractivity contribution in [3.8, 4) is 0 Å². The van der Waals surface area contributed by atoms with Gasteiger partial charge in [-0.2, -0.15) is 0 Å². The van der Waals surface area contributed by atoms with Gasteiger partial charge in [0.15, 0.2) is 0 Å². The van der Waals surface area contributed by atoms with Crippen LogP contribution in [0.3, 0.4) is 0 Å². The van der Waals surface area contributed by atoms with Crippen molar-refractivity contribution in [3.05, 3.63) is 0 Å². The molecule has 0 saturated heterocycles. The number of hydrogen-bond donors (Lipinski definition) is 2. The third kappa shape index (κ3) is 25.7. The lowest BCUT2D eigenvalue weighted by molar-refractivity contribution is 0.284. The maximum Gasteiger partial charge on any atom is 0.0431 e. The number of rotatable bonds is 5. The van der Waals surface area contributed by atoms with Gasteiger partial charge in [-0.3, -0.25) is 0 Å². The van der Waals surface area contributed by atoms with Gasteiger partial charge in [0.1, 0.15) is 0 Å². The van der Waals surface area contributed by atoms with Gasteiger partial charge >= 0.3 is 0 Å². The number of unbranched alkanes of at least 4 members (excludes halogenated alkanes) is 1. The minimum Gasteiger partial charge on any atom is -0.396 e. The Kier molecular flexibility index (Phi) is 20.2. The van der Waals surface area contributed by atoms with Crippen LogP contribution in [-0.2, 0) is 0 Å². The van der Waals surface area contributed by atoms with Crippen molar-refractivity contribution in [2.75, 3.05) is 19.7 Å². The summed E-state index contributed by atoms with van der Waals surface area (Å²) in [6, 6.07) is 0. The minimum atomic E-state index is 0.325. The second-order valence-corrected chi connectivity index (χ2v) is 2.49. The summed E-state index contributed by atoms with van der Waals surface area (Å²) in [5, 5.41) is 11.5. The van der Waals surface area contributed by atoms with Crippen molar-refractivity contribution in [2.24, 2.45) is 0 Å². The summed E-state index contributed by atoms with van der Waals surface area (Å²) in [5.74, 6) is 0. The zero-order valence-electron chi connectivity index (χ0n) is 8.19. The van der Waals surface area contributed by atoms with Crippen LogP contribution in [0, 0.1) is 0 Å². The fourth-order valence-corrected chi connectivity index (χ4v) is 0.539. The fourth-order valence-electron chi connectivity index (χ4n) is 0.539. The van der Waals surface area contributed by atoms with Gasteiger partial charge in [0.25, 0.3) is 0 Å². The first-order chi connectivity index (χ1) is 5.33. The number of aliphatic hydroxyl groups excluding tert-OH is 1. The highest BCUT2D eigenvalue weighted by molar-refractivity contribution is 4.42. The summed E-state index contributed by atoms with van der Waals surface area (Å²) in [6.07, 6.45) is 3.26. The van der Waals surface area contributed by atoms with Gasteiger partial charge in [-0.05, 0) is 25.9 Å². The van der Waals surface area contributed by atoms with E-state index in [2.05, 4.69) is 26.1 Å². The van der Waals surface area contributed by atoms with E-state index in [0.29, 0.717) is 6.61 Å². The van der Waals surface area contributed by atoms with Crippen LogP contribution in [-0.4, -0.2) is 24.8 Å². The average Bonchev–Trinajstić information content (AvgIpc) is 2.00. The Balaban J connectivity index is 0. The summed E-state index contributed by atoms with van der Waals surface area (Å²) in [6.45, 7) is 8.73. The smallest absolute Gasteiger partial charge is 0.0431 e. The van der Waals surface area contributed by atoms with Crippen LogP contribution in [0.1, 0.15) is 40.0 Å². The maximum absolute atomic E-state index is 8.34. The molecule has 2 heteroatoms. The lowest BCUT2D eigenvalue weighted by Gasteiger charge is -1.96. The van der Waals surface area contributed by atoms with Crippen molar-refractivity contribution in [1.29, 1.82) is 0 Å². The second-order valence-electron chi connectivity index (χ2n) is 2.49. The first-order valence-electron chi connectivity index (χ1n) is 4.64. The molecule has 0 aromatic rings. The van der Waals surface area contributed by atoms with E-state index in [1.165, 1.54) is 6.42 Å². The van der Waals surface area contributed by atoms with E-state index in [-0.39, 0.29) is 0 Å². The van der Waals surface area contributed by atoms with Crippen molar-refractivity contribution in [2.45, 2.75) is 40.0 Å². The quantitative estimate of drug-likeness (QED) is 0.602. The normalized spacial score (nSPS) is 8.73. The van der Waals surface area contributed by atoms with Crippen LogP contribution in [0.5, 0.6) is 0 Å². The predicted octanol–water partition coefficient (Wildman–Crippen LogP) is 1.78. The highest BCUT2D eigenvalue weighted by atomic mass is 16.2. The molecule has 0 fully saturated rings. The highest BCUT2D eigenvalue weighted by Gasteiger charge is 1.82. The van der Waals surface area contributed by atoms with Crippen LogP contribution in [0.25, 0.3) is 0 Å². The van der Waals surface area contributed by atoms with Crippen LogP contribution >= 0.6 is 0 Å². The molecule has 0 heterocycles. The van der Waals surface area contributed by atoms with Gasteiger partial charge in [-0.15, -0.1) is 0 Å². The molecule has 0 aliphatic carbocycles. The molecular weight excluding hydrogens is 138 g/mol. The zero-order valence-corrected chi connectivity index (χ0v) is 8.19. The Labute approximate surface area is 71.0 Å². The Morgan fingerprint density at radius 3 is 2.00 bits per heavy atom. The third-order valence-electron chi connectivity index (χ3n) is 1.01. The molecule has 0 rings (SSSR count). The molecule has 0 bridgehead atoms. The van der Waals surface area contributed by atoms with E-state index in [1.54, 1.807) is 0 Å². The van der Waals surface area contributed by atoms with E-state index >= 15 is 0 Å². The molecule has 0 spiro atoms. The zero-order chi connectivity index (χ0) is 8.95.